The summed E-state index contributed by atoms with van der Waals surface area (Å²) >= 11 is 1.38. The third-order valence-corrected chi connectivity index (χ3v) is 7.90. The van der Waals surface area contributed by atoms with Gasteiger partial charge in [-0.05, 0) is 44.2 Å². The minimum atomic E-state index is -0.396. The molecule has 1 saturated heterocycles. The van der Waals surface area contributed by atoms with E-state index in [2.05, 4.69) is 20.4 Å². The van der Waals surface area contributed by atoms with Crippen LogP contribution in [-0.4, -0.2) is 75.1 Å². The van der Waals surface area contributed by atoms with Crippen LogP contribution in [0.25, 0.3) is 10.6 Å². The number of thiazole rings is 1. The van der Waals surface area contributed by atoms with E-state index < -0.39 is 5.91 Å². The van der Waals surface area contributed by atoms with Gasteiger partial charge in [0.2, 0.25) is 5.91 Å². The predicted octanol–water partition coefficient (Wildman–Crippen LogP) is 3.09. The van der Waals surface area contributed by atoms with E-state index in [4.69, 9.17) is 10.5 Å². The Balaban J connectivity index is 1.46. The molecule has 1 fully saturated rings. The molecule has 0 unspecified atom stereocenters. The van der Waals surface area contributed by atoms with Crippen molar-refractivity contribution in [2.24, 2.45) is 5.73 Å². The molecule has 12 heteroatoms. The van der Waals surface area contributed by atoms with Crippen LogP contribution in [0.2, 0.25) is 0 Å². The Kier molecular flexibility index (Phi) is 8.74. The molecule has 3 aromatic heterocycles. The lowest BCUT2D eigenvalue weighted by Crippen LogP contribution is -2.34. The van der Waals surface area contributed by atoms with E-state index in [1.807, 2.05) is 12.1 Å². The van der Waals surface area contributed by atoms with Crippen LogP contribution < -0.4 is 11.1 Å². The lowest BCUT2D eigenvalue weighted by Gasteiger charge is -2.22. The van der Waals surface area contributed by atoms with Gasteiger partial charge < -0.3 is 20.7 Å². The van der Waals surface area contributed by atoms with Gasteiger partial charge in [-0.15, -0.1) is 11.3 Å². The van der Waals surface area contributed by atoms with Gasteiger partial charge in [0.05, 0.1) is 11.7 Å². The summed E-state index contributed by atoms with van der Waals surface area (Å²) in [5.74, 6) is -0.596. The Morgan fingerprint density at radius 3 is 2.77 bits per heavy atom. The lowest BCUT2D eigenvalue weighted by molar-refractivity contribution is -0.131. The molecular weight excluding hydrogens is 518 g/mol. The molecule has 206 valence electrons. The molecule has 3 aromatic rings. The van der Waals surface area contributed by atoms with Crippen molar-refractivity contribution in [3.05, 3.63) is 47.0 Å². The first-order valence-electron chi connectivity index (χ1n) is 13.4. The Hall–Kier alpha value is -3.48. The Bertz CT molecular complexity index is 1330. The van der Waals surface area contributed by atoms with Crippen LogP contribution >= 0.6 is 11.3 Å². The third kappa shape index (κ3) is 6.57. The molecular formula is C27H33N7O4S. The van der Waals surface area contributed by atoms with Crippen molar-refractivity contribution in [2.45, 2.75) is 51.0 Å². The van der Waals surface area contributed by atoms with Gasteiger partial charge in [0.15, 0.2) is 11.5 Å². The number of aryl methyl sites for hydroxylation is 1. The molecule has 39 heavy (non-hydrogen) atoms. The summed E-state index contributed by atoms with van der Waals surface area (Å²) < 4.78 is 7.25. The van der Waals surface area contributed by atoms with Gasteiger partial charge in [0, 0.05) is 74.7 Å². The van der Waals surface area contributed by atoms with Crippen LogP contribution in [-0.2, 0) is 16.0 Å². The quantitative estimate of drug-likeness (QED) is 0.505. The summed E-state index contributed by atoms with van der Waals surface area (Å²) in [6.07, 6.45) is 7.40. The molecule has 2 amide bonds. The number of nitrogens with zero attached hydrogens (tertiary/aromatic N) is 5. The van der Waals surface area contributed by atoms with Crippen molar-refractivity contribution in [2.75, 3.05) is 38.2 Å². The number of rotatable bonds is 3. The normalized spacial score (nSPS) is 17.7. The Labute approximate surface area is 230 Å². The number of ether oxygens (including phenoxy) is 1. The molecule has 0 radical (unpaired) electrons. The Morgan fingerprint density at radius 2 is 1.97 bits per heavy atom. The number of hydrogen-bond acceptors (Lipinski definition) is 9. The number of ketones is 1. The fraction of sp³-hybridized carbons (Fsp3) is 0.481. The third-order valence-electron chi connectivity index (χ3n) is 7.01. The number of carbonyl (C=O) groups excluding carboxylic acids is 3. The van der Waals surface area contributed by atoms with Crippen molar-refractivity contribution in [3.63, 3.8) is 0 Å². The minimum absolute atomic E-state index is 0.0203. The average molecular weight is 552 g/mol. The molecule has 11 nitrogen and oxygen atoms in total. The molecule has 3 N–H and O–H groups in total. The number of carbonyl (C=O) groups is 3. The van der Waals surface area contributed by atoms with E-state index in [1.54, 1.807) is 27.4 Å². The van der Waals surface area contributed by atoms with Crippen LogP contribution in [0.4, 0.5) is 5.69 Å². The minimum Gasteiger partial charge on any atom is -0.381 e. The molecule has 2 aliphatic heterocycles. The molecule has 0 aromatic carbocycles. The highest BCUT2D eigenvalue weighted by Crippen LogP contribution is 2.28. The lowest BCUT2D eigenvalue weighted by atomic mass is 10.1. The van der Waals surface area contributed by atoms with Gasteiger partial charge in [0.25, 0.3) is 5.91 Å². The van der Waals surface area contributed by atoms with Crippen LogP contribution in [0.1, 0.15) is 71.2 Å². The first kappa shape index (κ1) is 27.1. The fourth-order valence-corrected chi connectivity index (χ4v) is 5.71. The van der Waals surface area contributed by atoms with Crippen LogP contribution in [0.15, 0.2) is 29.9 Å². The molecule has 0 atom stereocenters. The summed E-state index contributed by atoms with van der Waals surface area (Å²) in [4.78, 5) is 50.1. The standard InChI is InChI=1S/C27H33N7O4S/c28-9-5-24(36)33-11-1-3-19-15-18(6-10-29-19)27-31-22(17-39-27)26(37)30-21-16-34(20-7-13-38-14-8-20)32-25(21)23(35)4-2-12-33/h6,10,15-17,20H,1-5,7-9,11-14,28H2,(H,30,37). The highest BCUT2D eigenvalue weighted by molar-refractivity contribution is 7.13. The predicted molar refractivity (Wildman–Crippen MR) is 147 cm³/mol. The second-order valence-electron chi connectivity index (χ2n) is 9.79. The smallest absolute Gasteiger partial charge is 0.275 e. The highest BCUT2D eigenvalue weighted by Gasteiger charge is 2.25. The van der Waals surface area contributed by atoms with Gasteiger partial charge >= 0.3 is 0 Å². The van der Waals surface area contributed by atoms with Gasteiger partial charge in [-0.2, -0.15) is 5.10 Å². The number of Topliss-reactive ketones (excluding diaryl/α,β-unsaturated/α-hetero) is 1. The number of aromatic nitrogens is 4. The highest BCUT2D eigenvalue weighted by atomic mass is 32.1. The summed E-state index contributed by atoms with van der Waals surface area (Å²) in [5.41, 5.74) is 8.29. The molecule has 5 rings (SSSR count). The van der Waals surface area contributed by atoms with E-state index in [9.17, 15) is 14.4 Å². The van der Waals surface area contributed by atoms with E-state index in [0.29, 0.717) is 49.8 Å². The molecule has 4 bridgehead atoms. The van der Waals surface area contributed by atoms with Crippen molar-refractivity contribution >= 4 is 34.6 Å². The number of fused-ring (bicyclic) bond motifs is 6. The molecule has 5 heterocycles. The average Bonchev–Trinajstić information content (AvgIpc) is 3.61. The number of amides is 2. The number of pyridine rings is 1. The number of hydrogen-bond donors (Lipinski definition) is 2. The number of nitrogens with two attached hydrogens (primary N) is 1. The number of anilines is 1. The summed E-state index contributed by atoms with van der Waals surface area (Å²) in [5, 5.41) is 9.91. The maximum atomic E-state index is 13.3. The van der Waals surface area contributed by atoms with Crippen LogP contribution in [0.5, 0.6) is 0 Å². The maximum absolute atomic E-state index is 13.3. The number of nitrogens with one attached hydrogen (secondary N) is 1. The molecule has 0 aliphatic carbocycles. The molecule has 0 spiro atoms. The molecule has 2 aliphatic rings. The second-order valence-corrected chi connectivity index (χ2v) is 10.7. The van der Waals surface area contributed by atoms with E-state index in [-0.39, 0.29) is 48.5 Å². The van der Waals surface area contributed by atoms with E-state index in [1.165, 1.54) is 11.3 Å². The van der Waals surface area contributed by atoms with Crippen molar-refractivity contribution in [1.29, 1.82) is 0 Å². The van der Waals surface area contributed by atoms with Crippen molar-refractivity contribution in [3.8, 4) is 10.6 Å². The largest absolute Gasteiger partial charge is 0.381 e. The van der Waals surface area contributed by atoms with Gasteiger partial charge in [-0.3, -0.25) is 24.0 Å². The zero-order valence-corrected chi connectivity index (χ0v) is 22.6. The van der Waals surface area contributed by atoms with Crippen LogP contribution in [0, 0.1) is 0 Å². The van der Waals surface area contributed by atoms with Crippen LogP contribution in [0.3, 0.4) is 0 Å². The van der Waals surface area contributed by atoms with Crippen molar-refractivity contribution in [1.82, 2.24) is 24.6 Å². The van der Waals surface area contributed by atoms with Gasteiger partial charge in [0.1, 0.15) is 10.7 Å². The second kappa shape index (κ2) is 12.6. The summed E-state index contributed by atoms with van der Waals surface area (Å²) in [6, 6.07) is 3.94. The molecule has 0 saturated carbocycles. The van der Waals surface area contributed by atoms with E-state index >= 15 is 0 Å². The Morgan fingerprint density at radius 1 is 1.18 bits per heavy atom. The fourth-order valence-electron chi connectivity index (χ4n) is 4.91. The first-order valence-corrected chi connectivity index (χ1v) is 14.3. The van der Waals surface area contributed by atoms with Gasteiger partial charge in [-0.1, -0.05) is 0 Å². The van der Waals surface area contributed by atoms with Gasteiger partial charge in [-0.25, -0.2) is 4.98 Å². The summed E-state index contributed by atoms with van der Waals surface area (Å²) in [7, 11) is 0. The zero-order chi connectivity index (χ0) is 27.2. The zero-order valence-electron chi connectivity index (χ0n) is 21.8. The van der Waals surface area contributed by atoms with E-state index in [0.717, 1.165) is 30.5 Å². The SMILES string of the molecule is NCCC(=O)N1CCCC(=O)c2nn(C3CCOCC3)cc2NC(=O)c2csc(n2)-c2ccnc(c2)CCC1. The summed E-state index contributed by atoms with van der Waals surface area (Å²) in [6.45, 7) is 2.53. The topological polar surface area (TPSA) is 145 Å². The monoisotopic (exact) mass is 551 g/mol. The maximum Gasteiger partial charge on any atom is 0.275 e. The first-order chi connectivity index (χ1) is 19.0. The van der Waals surface area contributed by atoms with Crippen molar-refractivity contribution < 1.29 is 19.1 Å².